The van der Waals surface area contributed by atoms with Crippen molar-refractivity contribution in [2.75, 3.05) is 82.6 Å². The SMILES string of the molecule is O=C(Cn1cc(-c2ccc(-c3cncc(Cl)c3N3CCC4(CCNC4=O)CC3)cc2)cn1)NCCOCCOCCOCCNc1cccc2c1C(=O)N(C1CCC(=O)NC1=O)C2=O. The maximum atomic E-state index is 13.2. The predicted molar refractivity (Wildman–Crippen MR) is 234 cm³/mol. The van der Waals surface area contributed by atoms with Crippen LogP contribution in [-0.4, -0.2) is 134 Å². The number of benzene rings is 2. The Morgan fingerprint density at radius 3 is 2.25 bits per heavy atom. The second-order valence-electron chi connectivity index (χ2n) is 16.1. The van der Waals surface area contributed by atoms with Gasteiger partial charge < -0.3 is 35.1 Å². The standard InChI is InChI=1S/C45H50ClN9O9/c46-34-26-47-25-33(40(34)53-16-11-45(12-17-53)10-13-50-44(45)61)30-6-4-29(5-7-30)31-24-51-54(27-31)28-38(57)49-15-19-63-21-23-64-22-20-62-18-14-48-35-3-1-2-32-39(35)43(60)55(42(32)59)36-8-9-37(56)52-41(36)58/h1-7,24-27,36,48H,8-23,28H2,(H,49,57)(H,50,61)(H,52,56,58). The number of nitrogens with zero attached hydrogens (tertiary/aromatic N) is 5. The van der Waals surface area contributed by atoms with Gasteiger partial charge in [0.2, 0.25) is 23.6 Å². The summed E-state index contributed by atoms with van der Waals surface area (Å²) in [6.07, 6.45) is 9.66. The summed E-state index contributed by atoms with van der Waals surface area (Å²) >= 11 is 6.73. The third-order valence-electron chi connectivity index (χ3n) is 12.1. The lowest BCUT2D eigenvalue weighted by Gasteiger charge is -2.39. The third-order valence-corrected chi connectivity index (χ3v) is 12.4. The van der Waals surface area contributed by atoms with Gasteiger partial charge in [-0.3, -0.25) is 48.6 Å². The Hall–Kier alpha value is -6.21. The normalized spacial score (nSPS) is 18.1. The molecule has 0 saturated carbocycles. The number of imide groups is 2. The average Bonchev–Trinajstić information content (AvgIpc) is 3.98. The molecule has 6 amide bonds. The Morgan fingerprint density at radius 1 is 0.812 bits per heavy atom. The van der Waals surface area contributed by atoms with Crippen molar-refractivity contribution >= 4 is 58.4 Å². The highest BCUT2D eigenvalue weighted by Gasteiger charge is 2.46. The summed E-state index contributed by atoms with van der Waals surface area (Å²) in [6.45, 7) is 4.96. The van der Waals surface area contributed by atoms with E-state index < -0.39 is 29.7 Å². The van der Waals surface area contributed by atoms with Crippen molar-refractivity contribution in [2.45, 2.75) is 44.7 Å². The molecule has 4 aliphatic heterocycles. The molecule has 4 N–H and O–H groups in total. The Labute approximate surface area is 374 Å². The highest BCUT2D eigenvalue weighted by molar-refractivity contribution is 6.34. The second kappa shape index (κ2) is 20.1. The number of carbonyl (C=O) groups excluding carboxylic acids is 6. The Kier molecular flexibility index (Phi) is 13.9. The number of amides is 6. The minimum atomic E-state index is -1.03. The van der Waals surface area contributed by atoms with E-state index in [1.807, 2.05) is 36.7 Å². The number of carbonyl (C=O) groups is 6. The van der Waals surface area contributed by atoms with E-state index in [4.69, 9.17) is 25.8 Å². The van der Waals surface area contributed by atoms with Gasteiger partial charge in [-0.25, -0.2) is 0 Å². The molecule has 8 rings (SSSR count). The molecule has 6 heterocycles. The molecule has 1 spiro atoms. The van der Waals surface area contributed by atoms with Gasteiger partial charge in [-0.15, -0.1) is 0 Å². The molecule has 336 valence electrons. The van der Waals surface area contributed by atoms with Crippen molar-refractivity contribution in [3.63, 3.8) is 0 Å². The van der Waals surface area contributed by atoms with Gasteiger partial charge in [0.25, 0.3) is 11.8 Å². The molecule has 3 saturated heterocycles. The van der Waals surface area contributed by atoms with Crippen LogP contribution in [0.25, 0.3) is 22.3 Å². The zero-order valence-electron chi connectivity index (χ0n) is 35.2. The summed E-state index contributed by atoms with van der Waals surface area (Å²) in [5.41, 5.74) is 5.25. The fourth-order valence-electron chi connectivity index (χ4n) is 8.68. The second-order valence-corrected chi connectivity index (χ2v) is 16.5. The van der Waals surface area contributed by atoms with Gasteiger partial charge in [0.05, 0.1) is 73.1 Å². The number of halogens is 1. The highest BCUT2D eigenvalue weighted by Crippen LogP contribution is 2.43. The summed E-state index contributed by atoms with van der Waals surface area (Å²) in [5.74, 6) is -2.24. The molecule has 4 aliphatic rings. The van der Waals surface area contributed by atoms with Crippen molar-refractivity contribution in [2.24, 2.45) is 5.41 Å². The lowest BCUT2D eigenvalue weighted by Crippen LogP contribution is -2.54. The predicted octanol–water partition coefficient (Wildman–Crippen LogP) is 3.05. The van der Waals surface area contributed by atoms with Gasteiger partial charge in [0.15, 0.2) is 0 Å². The van der Waals surface area contributed by atoms with E-state index in [1.165, 1.54) is 0 Å². The molecule has 0 aliphatic carbocycles. The Balaban J connectivity index is 0.684. The molecule has 2 aromatic heterocycles. The van der Waals surface area contributed by atoms with Crippen LogP contribution < -0.4 is 26.2 Å². The van der Waals surface area contributed by atoms with Crippen LogP contribution in [-0.2, 0) is 39.9 Å². The van der Waals surface area contributed by atoms with E-state index in [2.05, 4.69) is 36.2 Å². The van der Waals surface area contributed by atoms with Crippen LogP contribution in [0.3, 0.4) is 0 Å². The Bertz CT molecular complexity index is 2400. The van der Waals surface area contributed by atoms with Crippen LogP contribution in [0.15, 0.2) is 67.3 Å². The summed E-state index contributed by atoms with van der Waals surface area (Å²) in [5, 5.41) is 16.1. The van der Waals surface area contributed by atoms with Crippen LogP contribution in [0.4, 0.5) is 11.4 Å². The van der Waals surface area contributed by atoms with E-state index in [0.717, 1.165) is 71.7 Å². The van der Waals surface area contributed by atoms with Crippen LogP contribution >= 0.6 is 11.6 Å². The monoisotopic (exact) mass is 895 g/mol. The van der Waals surface area contributed by atoms with Gasteiger partial charge in [0, 0.05) is 74.5 Å². The van der Waals surface area contributed by atoms with Crippen LogP contribution in [0.5, 0.6) is 0 Å². The summed E-state index contributed by atoms with van der Waals surface area (Å²) in [6, 6.07) is 11.9. The number of ether oxygens (including phenoxy) is 3. The smallest absolute Gasteiger partial charge is 0.264 e. The van der Waals surface area contributed by atoms with Crippen molar-refractivity contribution in [1.29, 1.82) is 0 Å². The first kappa shape index (κ1) is 44.4. The van der Waals surface area contributed by atoms with Gasteiger partial charge >= 0.3 is 0 Å². The van der Waals surface area contributed by atoms with Crippen molar-refractivity contribution in [1.82, 2.24) is 35.6 Å². The van der Waals surface area contributed by atoms with Gasteiger partial charge in [-0.2, -0.15) is 5.10 Å². The number of piperidine rings is 2. The quantitative estimate of drug-likeness (QED) is 0.0788. The number of rotatable bonds is 19. The number of fused-ring (bicyclic) bond motifs is 1. The first-order chi connectivity index (χ1) is 31.1. The summed E-state index contributed by atoms with van der Waals surface area (Å²) < 4.78 is 18.4. The van der Waals surface area contributed by atoms with Crippen LogP contribution in [0.1, 0.15) is 52.8 Å². The topological polar surface area (TPSA) is 215 Å². The lowest BCUT2D eigenvalue weighted by molar-refractivity contribution is -0.136. The molecule has 1 unspecified atom stereocenters. The molecule has 64 heavy (non-hydrogen) atoms. The van der Waals surface area contributed by atoms with E-state index in [9.17, 15) is 28.8 Å². The molecule has 18 nitrogen and oxygen atoms in total. The minimum Gasteiger partial charge on any atom is -0.382 e. The van der Waals surface area contributed by atoms with Crippen molar-refractivity contribution in [3.8, 4) is 22.3 Å². The Morgan fingerprint density at radius 2 is 1.53 bits per heavy atom. The first-order valence-electron chi connectivity index (χ1n) is 21.5. The minimum absolute atomic E-state index is 0.0530. The van der Waals surface area contributed by atoms with Gasteiger partial charge in [0.1, 0.15) is 12.6 Å². The van der Waals surface area contributed by atoms with Crippen molar-refractivity contribution < 1.29 is 43.0 Å². The molecule has 19 heteroatoms. The van der Waals surface area contributed by atoms with E-state index in [-0.39, 0.29) is 47.7 Å². The fourth-order valence-corrected chi connectivity index (χ4v) is 8.96. The molecular weight excluding hydrogens is 846 g/mol. The van der Waals surface area contributed by atoms with E-state index in [1.54, 1.807) is 35.3 Å². The average molecular weight is 896 g/mol. The number of anilines is 2. The number of nitrogens with one attached hydrogen (secondary N) is 4. The number of aromatic nitrogens is 3. The van der Waals surface area contributed by atoms with Gasteiger partial charge in [-0.05, 0) is 48.9 Å². The zero-order chi connectivity index (χ0) is 44.6. The zero-order valence-corrected chi connectivity index (χ0v) is 36.0. The highest BCUT2D eigenvalue weighted by atomic mass is 35.5. The lowest BCUT2D eigenvalue weighted by atomic mass is 9.77. The molecule has 4 aromatic rings. The van der Waals surface area contributed by atoms with Crippen LogP contribution in [0, 0.1) is 5.41 Å². The molecule has 3 fully saturated rings. The molecule has 2 aromatic carbocycles. The number of hydrogen-bond acceptors (Lipinski definition) is 13. The number of hydrogen-bond donors (Lipinski definition) is 4. The molecule has 1 atom stereocenters. The van der Waals surface area contributed by atoms with E-state index >= 15 is 0 Å². The molecule has 0 radical (unpaired) electrons. The molecular formula is C45H50ClN9O9. The third kappa shape index (κ3) is 9.79. The fraction of sp³-hybridized carbons (Fsp3) is 0.422. The largest absolute Gasteiger partial charge is 0.382 e. The van der Waals surface area contributed by atoms with Crippen molar-refractivity contribution in [3.05, 3.63) is 83.4 Å². The van der Waals surface area contributed by atoms with Gasteiger partial charge in [-0.1, -0.05) is 41.9 Å². The summed E-state index contributed by atoms with van der Waals surface area (Å²) in [7, 11) is 0. The maximum Gasteiger partial charge on any atom is 0.264 e. The first-order valence-corrected chi connectivity index (χ1v) is 21.9. The molecule has 0 bridgehead atoms. The number of pyridine rings is 1. The summed E-state index contributed by atoms with van der Waals surface area (Å²) in [4.78, 5) is 82.9. The van der Waals surface area contributed by atoms with E-state index in [0.29, 0.717) is 63.4 Å². The van der Waals surface area contributed by atoms with Crippen LogP contribution in [0.2, 0.25) is 5.02 Å². The maximum absolute atomic E-state index is 13.2.